The summed E-state index contributed by atoms with van der Waals surface area (Å²) in [6.07, 6.45) is 0. The number of ether oxygens (including phenoxy) is 2. The third-order valence-corrected chi connectivity index (χ3v) is 13.4. The molecule has 0 atom stereocenters. The maximum absolute atomic E-state index is 13.3. The number of phenols is 1. The number of amides is 2. The van der Waals surface area contributed by atoms with Crippen molar-refractivity contribution in [2.45, 2.75) is 37.5 Å². The van der Waals surface area contributed by atoms with Crippen molar-refractivity contribution >= 4 is 149 Å². The zero-order chi connectivity index (χ0) is 53.5. The van der Waals surface area contributed by atoms with Crippen molar-refractivity contribution in [2.24, 2.45) is 20.5 Å². The van der Waals surface area contributed by atoms with E-state index in [-0.39, 0.29) is 81.7 Å². The number of rotatable bonds is 14. The van der Waals surface area contributed by atoms with E-state index in [1.54, 1.807) is 111 Å². The van der Waals surface area contributed by atoms with Gasteiger partial charge in [0.1, 0.15) is 43.6 Å². The topological polar surface area (TPSA) is 281 Å². The Morgan fingerprint density at radius 2 is 1.01 bits per heavy atom. The van der Waals surface area contributed by atoms with Crippen LogP contribution in [-0.4, -0.2) is 93.8 Å². The largest absolute Gasteiger partial charge is 2.00 e. The van der Waals surface area contributed by atoms with Gasteiger partial charge in [-0.25, -0.2) is 8.42 Å². The first-order chi connectivity index (χ1) is 35.2. The molecule has 2 amide bonds. The van der Waals surface area contributed by atoms with Crippen LogP contribution >= 0.6 is 23.2 Å². The van der Waals surface area contributed by atoms with Crippen LogP contribution in [0.15, 0.2) is 164 Å². The van der Waals surface area contributed by atoms with Gasteiger partial charge in [-0.1, -0.05) is 77.5 Å². The molecule has 8 rings (SSSR count). The van der Waals surface area contributed by atoms with Crippen molar-refractivity contribution in [3.63, 3.8) is 0 Å². The number of phenolic OH excluding ortho intramolecular Hbond substituents is 1. The maximum atomic E-state index is 13.3. The molecule has 23 heteroatoms. The van der Waals surface area contributed by atoms with Gasteiger partial charge < -0.3 is 34.9 Å². The summed E-state index contributed by atoms with van der Waals surface area (Å²) in [7, 11) is -9.60. The summed E-state index contributed by atoms with van der Waals surface area (Å²) in [5.41, 5.74) is 0.945. The molecule has 380 valence electrons. The van der Waals surface area contributed by atoms with E-state index in [4.69, 9.17) is 32.7 Å². The van der Waals surface area contributed by atoms with E-state index < -0.39 is 53.3 Å². The summed E-state index contributed by atoms with van der Waals surface area (Å²) in [5.74, 6) is -1.15. The molecule has 4 N–H and O–H groups in total. The Kier molecular flexibility index (Phi) is 19.0. The maximum Gasteiger partial charge on any atom is 2.00 e. The van der Waals surface area contributed by atoms with Crippen molar-refractivity contribution in [2.75, 3.05) is 23.8 Å². The van der Waals surface area contributed by atoms with Crippen LogP contribution in [0.3, 0.4) is 0 Å². The number of hydrogen-bond donors (Lipinski definition) is 4. The molecular weight excluding hydrogens is 1080 g/mol. The second kappa shape index (κ2) is 24.7. The summed E-state index contributed by atoms with van der Waals surface area (Å²) in [6, 6.07) is 34.7. The number of hydrogen-bond acceptors (Lipinski definition) is 15. The van der Waals surface area contributed by atoms with Gasteiger partial charge >= 0.3 is 37.7 Å². The molecule has 18 nitrogen and oxygen atoms in total. The number of halogens is 2. The molecule has 0 unspecified atom stereocenters. The standard InChI is InChI=1S/2C26H22ClN3O6S.Ca/c2*1-3-36-18-10-8-17(9-11-18)28-26(32)20-13-16-6-4-5-7-19(16)24(25(20)31)30-29-22-12-15(2)21(27)14-23(22)37(33,34)35;/h2*4-14,31H,3H2,1-2H3,(H,28,32)(H,33,34,35);/q;;+2/p-2. The number of aromatic hydroxyl groups is 1. The molecule has 0 heterocycles. The Hall–Kier alpha value is -6.72. The SMILES string of the molecule is CCOc1ccc(NC(=O)c2cc3ccccc3c(N=Nc3cc(C)c(Cl)cc3S(=O)(=O)O)c2O)cc1.CCOc1ccc(NC(=O)c2cc3ccccc3c(N=Nc3cc(C)c(Cl)cc3S(=O)(=O)[O-])c2[O-])cc1.[Ca+2]. The molecule has 0 fully saturated rings. The number of nitrogens with zero attached hydrogens (tertiary/aromatic N) is 4. The first-order valence-electron chi connectivity index (χ1n) is 22.1. The zero-order valence-electron chi connectivity index (χ0n) is 40.2. The number of aryl methyl sites for hydroxylation is 2. The van der Waals surface area contributed by atoms with Gasteiger partial charge in [0.25, 0.3) is 21.9 Å². The van der Waals surface area contributed by atoms with Crippen LogP contribution in [0, 0.1) is 13.8 Å². The fourth-order valence-electron chi connectivity index (χ4n) is 7.24. The molecule has 0 spiro atoms. The van der Waals surface area contributed by atoms with E-state index >= 15 is 0 Å². The Bertz CT molecular complexity index is 3530. The first-order valence-corrected chi connectivity index (χ1v) is 25.7. The van der Waals surface area contributed by atoms with Crippen LogP contribution in [0.1, 0.15) is 45.7 Å². The molecule has 0 aliphatic carbocycles. The predicted molar refractivity (Wildman–Crippen MR) is 284 cm³/mol. The molecule has 8 aromatic rings. The molecule has 0 aliphatic heterocycles. The molecule has 0 aromatic heterocycles. The van der Waals surface area contributed by atoms with Gasteiger partial charge in [0.05, 0.1) is 29.4 Å². The fourth-order valence-corrected chi connectivity index (χ4v) is 8.94. The van der Waals surface area contributed by atoms with E-state index in [0.29, 0.717) is 68.8 Å². The van der Waals surface area contributed by atoms with Crippen molar-refractivity contribution < 1.29 is 55.2 Å². The van der Waals surface area contributed by atoms with Crippen LogP contribution in [0.5, 0.6) is 23.0 Å². The fraction of sp³-hybridized carbons (Fsp3) is 0.115. The minimum absolute atomic E-state index is 0. The van der Waals surface area contributed by atoms with Crippen LogP contribution in [-0.2, 0) is 20.2 Å². The number of carbonyl (C=O) groups excluding carboxylic acids is 2. The van der Waals surface area contributed by atoms with E-state index in [0.717, 1.165) is 12.1 Å². The number of anilines is 2. The molecule has 8 aromatic carbocycles. The summed E-state index contributed by atoms with van der Waals surface area (Å²) >= 11 is 12.0. The summed E-state index contributed by atoms with van der Waals surface area (Å²) in [4.78, 5) is 24.9. The van der Waals surface area contributed by atoms with Crippen molar-refractivity contribution in [3.8, 4) is 23.0 Å². The minimum Gasteiger partial charge on any atom is -0.870 e. The molecule has 0 radical (unpaired) electrons. The van der Waals surface area contributed by atoms with E-state index in [9.17, 15) is 45.7 Å². The Morgan fingerprint density at radius 3 is 1.48 bits per heavy atom. The van der Waals surface area contributed by atoms with Gasteiger partial charge in [0.15, 0.2) is 5.75 Å². The normalized spacial score (nSPS) is 11.5. The van der Waals surface area contributed by atoms with Gasteiger partial charge in [-0.05, 0) is 135 Å². The second-order valence-electron chi connectivity index (χ2n) is 16.0. The summed E-state index contributed by atoms with van der Waals surface area (Å²) in [5, 5.41) is 47.9. The monoisotopic (exact) mass is 1120 g/mol. The van der Waals surface area contributed by atoms with E-state index in [1.807, 2.05) is 13.8 Å². The number of carbonyl (C=O) groups is 2. The average molecular weight is 1120 g/mol. The Labute approximate surface area is 470 Å². The van der Waals surface area contributed by atoms with Crippen LogP contribution in [0.4, 0.5) is 34.1 Å². The third kappa shape index (κ3) is 14.0. The molecule has 0 aliphatic rings. The first kappa shape index (κ1) is 57.6. The minimum atomic E-state index is -4.93. The molecule has 0 bridgehead atoms. The van der Waals surface area contributed by atoms with Gasteiger partial charge in [0.2, 0.25) is 0 Å². The average Bonchev–Trinajstić information content (AvgIpc) is 3.35. The molecule has 0 saturated carbocycles. The Morgan fingerprint density at radius 1 is 0.600 bits per heavy atom. The third-order valence-electron chi connectivity index (χ3n) is 10.8. The zero-order valence-corrected chi connectivity index (χ0v) is 45.5. The summed E-state index contributed by atoms with van der Waals surface area (Å²) < 4.78 is 79.4. The summed E-state index contributed by atoms with van der Waals surface area (Å²) in [6.45, 7) is 7.96. The smallest absolute Gasteiger partial charge is 0.870 e. The van der Waals surface area contributed by atoms with Crippen LogP contribution in [0.2, 0.25) is 10.0 Å². The molecular formula is C52H42CaCl2N6O12S2. The van der Waals surface area contributed by atoms with Crippen molar-refractivity contribution in [1.82, 2.24) is 0 Å². The number of nitrogens with one attached hydrogen (secondary N) is 2. The Balaban J connectivity index is 0.000000241. The van der Waals surface area contributed by atoms with Gasteiger partial charge in [0, 0.05) is 37.8 Å². The van der Waals surface area contributed by atoms with Crippen molar-refractivity contribution in [3.05, 3.63) is 166 Å². The molecule has 75 heavy (non-hydrogen) atoms. The van der Waals surface area contributed by atoms with Crippen molar-refractivity contribution in [1.29, 1.82) is 0 Å². The van der Waals surface area contributed by atoms with Crippen LogP contribution in [0.25, 0.3) is 21.5 Å². The number of benzene rings is 8. The van der Waals surface area contributed by atoms with Gasteiger partial charge in [-0.3, -0.25) is 14.1 Å². The van der Waals surface area contributed by atoms with Gasteiger partial charge in [-0.2, -0.15) is 13.5 Å². The van der Waals surface area contributed by atoms with Gasteiger partial charge in [-0.15, -0.1) is 15.3 Å². The predicted octanol–water partition coefficient (Wildman–Crippen LogP) is 12.3. The number of fused-ring (bicyclic) bond motifs is 2. The quantitative estimate of drug-likeness (QED) is 0.0449. The van der Waals surface area contributed by atoms with E-state index in [2.05, 4.69) is 31.1 Å². The second-order valence-corrected chi connectivity index (χ2v) is 19.5. The number of azo groups is 2. The van der Waals surface area contributed by atoms with E-state index in [1.165, 1.54) is 24.3 Å². The van der Waals surface area contributed by atoms with Crippen LogP contribution < -0.4 is 25.2 Å². The molecule has 0 saturated heterocycles.